The molecule has 0 saturated heterocycles. The average molecular weight is 209 g/mol. The van der Waals surface area contributed by atoms with Crippen molar-refractivity contribution in [1.29, 1.82) is 0 Å². The first-order valence-corrected chi connectivity index (χ1v) is 4.60. The fourth-order valence-corrected chi connectivity index (χ4v) is 1.66. The first kappa shape index (κ1) is 9.21. The number of fused-ring (bicyclic) bond motifs is 1. The van der Waals surface area contributed by atoms with Crippen LogP contribution in [0.1, 0.15) is 17.4 Å². The average Bonchev–Trinajstić information content (AvgIpc) is 2.44. The number of halogens is 1. The summed E-state index contributed by atoms with van der Waals surface area (Å²) in [5, 5.41) is 5.64. The van der Waals surface area contributed by atoms with Gasteiger partial charge in [0.15, 0.2) is 5.78 Å². The van der Waals surface area contributed by atoms with Gasteiger partial charge in [0.25, 0.3) is 0 Å². The van der Waals surface area contributed by atoms with E-state index in [9.17, 15) is 4.79 Å². The number of carbonyl (C=O) groups excluding carboxylic acids is 1. The van der Waals surface area contributed by atoms with Gasteiger partial charge in [-0.15, -0.1) is 0 Å². The van der Waals surface area contributed by atoms with Gasteiger partial charge in [-0.1, -0.05) is 11.6 Å². The van der Waals surface area contributed by atoms with Gasteiger partial charge in [0, 0.05) is 24.4 Å². The van der Waals surface area contributed by atoms with Crippen molar-refractivity contribution in [3.8, 4) is 0 Å². The lowest BCUT2D eigenvalue weighted by atomic mass is 10.2. The molecule has 0 unspecified atom stereocenters. The van der Waals surface area contributed by atoms with Crippen molar-refractivity contribution in [2.45, 2.75) is 6.92 Å². The maximum Gasteiger partial charge on any atom is 0.180 e. The van der Waals surface area contributed by atoms with E-state index in [1.165, 1.54) is 6.92 Å². The van der Waals surface area contributed by atoms with Crippen LogP contribution in [0.2, 0.25) is 5.02 Å². The van der Waals surface area contributed by atoms with E-state index >= 15 is 0 Å². The van der Waals surface area contributed by atoms with Crippen molar-refractivity contribution in [1.82, 2.24) is 9.78 Å². The minimum absolute atomic E-state index is 0.0297. The molecule has 0 saturated carbocycles. The van der Waals surface area contributed by atoms with Crippen LogP contribution in [0.25, 0.3) is 10.9 Å². The second-order valence-corrected chi connectivity index (χ2v) is 3.63. The Hall–Kier alpha value is -1.35. The number of aromatic nitrogens is 2. The molecule has 0 bridgehead atoms. The van der Waals surface area contributed by atoms with Crippen LogP contribution in [-0.2, 0) is 7.05 Å². The van der Waals surface area contributed by atoms with Gasteiger partial charge in [0.1, 0.15) is 5.69 Å². The molecule has 0 amide bonds. The van der Waals surface area contributed by atoms with Crippen molar-refractivity contribution < 1.29 is 4.79 Å². The topological polar surface area (TPSA) is 34.9 Å². The van der Waals surface area contributed by atoms with Crippen LogP contribution >= 0.6 is 11.6 Å². The van der Waals surface area contributed by atoms with Gasteiger partial charge in [-0.05, 0) is 18.2 Å². The van der Waals surface area contributed by atoms with Gasteiger partial charge in [-0.3, -0.25) is 9.48 Å². The first-order valence-electron chi connectivity index (χ1n) is 4.23. The Morgan fingerprint density at radius 3 is 2.86 bits per heavy atom. The molecule has 0 atom stereocenters. The molecule has 0 N–H and O–H groups in total. The molecule has 4 heteroatoms. The predicted molar refractivity (Wildman–Crippen MR) is 55.7 cm³/mol. The molecule has 0 spiro atoms. The van der Waals surface area contributed by atoms with Gasteiger partial charge in [-0.2, -0.15) is 5.10 Å². The third-order valence-corrected chi connectivity index (χ3v) is 2.38. The van der Waals surface area contributed by atoms with Gasteiger partial charge >= 0.3 is 0 Å². The monoisotopic (exact) mass is 208 g/mol. The quantitative estimate of drug-likeness (QED) is 0.675. The Balaban J connectivity index is 2.84. The Kier molecular flexibility index (Phi) is 2.04. The van der Waals surface area contributed by atoms with Crippen LogP contribution in [0, 0.1) is 0 Å². The Bertz CT molecular complexity index is 516. The van der Waals surface area contributed by atoms with Crippen LogP contribution < -0.4 is 0 Å². The Labute approximate surface area is 86.3 Å². The molecule has 1 aromatic heterocycles. The van der Waals surface area contributed by atoms with Gasteiger partial charge in [-0.25, -0.2) is 0 Å². The van der Waals surface area contributed by atoms with Crippen molar-refractivity contribution in [2.75, 3.05) is 0 Å². The molecule has 1 aromatic carbocycles. The molecule has 72 valence electrons. The summed E-state index contributed by atoms with van der Waals surface area (Å²) >= 11 is 5.85. The van der Waals surface area contributed by atoms with Gasteiger partial charge in [0.05, 0.1) is 5.52 Å². The molecule has 2 aromatic rings. The number of rotatable bonds is 1. The second-order valence-electron chi connectivity index (χ2n) is 3.19. The minimum Gasteiger partial charge on any atom is -0.293 e. The van der Waals surface area contributed by atoms with Crippen LogP contribution in [0.3, 0.4) is 0 Å². The van der Waals surface area contributed by atoms with E-state index in [0.717, 1.165) is 10.9 Å². The van der Waals surface area contributed by atoms with Crippen LogP contribution in [0.15, 0.2) is 18.2 Å². The normalized spacial score (nSPS) is 10.8. The number of aryl methyl sites for hydroxylation is 1. The highest BCUT2D eigenvalue weighted by atomic mass is 35.5. The highest BCUT2D eigenvalue weighted by Crippen LogP contribution is 2.22. The molecule has 0 aliphatic rings. The second kappa shape index (κ2) is 3.10. The van der Waals surface area contributed by atoms with Crippen molar-refractivity contribution >= 4 is 28.3 Å². The molecular weight excluding hydrogens is 200 g/mol. The van der Waals surface area contributed by atoms with Crippen LogP contribution in [0.5, 0.6) is 0 Å². The smallest absolute Gasteiger partial charge is 0.180 e. The Morgan fingerprint density at radius 2 is 2.21 bits per heavy atom. The van der Waals surface area contributed by atoms with Gasteiger partial charge < -0.3 is 0 Å². The highest BCUT2D eigenvalue weighted by Gasteiger charge is 2.11. The molecule has 2 rings (SSSR count). The summed E-state index contributed by atoms with van der Waals surface area (Å²) < 4.78 is 1.66. The summed E-state index contributed by atoms with van der Waals surface area (Å²) in [4.78, 5) is 11.2. The zero-order chi connectivity index (χ0) is 10.3. The standard InChI is InChI=1S/C10H9ClN2O/c1-6(14)10-8-4-3-7(11)5-9(8)13(2)12-10/h3-5H,1-2H3. The van der Waals surface area contributed by atoms with E-state index in [4.69, 9.17) is 11.6 Å². The summed E-state index contributed by atoms with van der Waals surface area (Å²) in [6.45, 7) is 1.51. The van der Waals surface area contributed by atoms with E-state index in [1.54, 1.807) is 23.9 Å². The molecule has 0 fully saturated rings. The number of ketones is 1. The SMILES string of the molecule is CC(=O)c1nn(C)c2cc(Cl)ccc12. The van der Waals surface area contributed by atoms with E-state index in [-0.39, 0.29) is 5.78 Å². The van der Waals surface area contributed by atoms with E-state index in [1.807, 2.05) is 6.07 Å². The van der Waals surface area contributed by atoms with Crippen molar-refractivity contribution in [3.05, 3.63) is 28.9 Å². The third-order valence-electron chi connectivity index (χ3n) is 2.15. The predicted octanol–water partition coefficient (Wildman–Crippen LogP) is 2.43. The van der Waals surface area contributed by atoms with Crippen LogP contribution in [-0.4, -0.2) is 15.6 Å². The lowest BCUT2D eigenvalue weighted by Gasteiger charge is -1.93. The number of carbonyl (C=O) groups is 1. The van der Waals surface area contributed by atoms with Gasteiger partial charge in [0.2, 0.25) is 0 Å². The van der Waals surface area contributed by atoms with E-state index in [2.05, 4.69) is 5.10 Å². The van der Waals surface area contributed by atoms with E-state index < -0.39 is 0 Å². The fraction of sp³-hybridized carbons (Fsp3) is 0.200. The molecule has 0 aliphatic heterocycles. The molecule has 14 heavy (non-hydrogen) atoms. The number of Topliss-reactive ketones (excluding diaryl/α,β-unsaturated/α-hetero) is 1. The largest absolute Gasteiger partial charge is 0.293 e. The molecular formula is C10H9ClN2O. The maximum absolute atomic E-state index is 11.2. The molecule has 0 aliphatic carbocycles. The zero-order valence-electron chi connectivity index (χ0n) is 7.91. The van der Waals surface area contributed by atoms with Crippen LogP contribution in [0.4, 0.5) is 0 Å². The number of benzene rings is 1. The third kappa shape index (κ3) is 1.30. The lowest BCUT2D eigenvalue weighted by Crippen LogP contribution is -1.95. The summed E-state index contributed by atoms with van der Waals surface area (Å²) in [6.07, 6.45) is 0. The van der Waals surface area contributed by atoms with E-state index in [0.29, 0.717) is 10.7 Å². The number of hydrogen-bond donors (Lipinski definition) is 0. The highest BCUT2D eigenvalue weighted by molar-refractivity contribution is 6.31. The molecule has 3 nitrogen and oxygen atoms in total. The number of nitrogens with zero attached hydrogens (tertiary/aromatic N) is 2. The maximum atomic E-state index is 11.2. The summed E-state index contributed by atoms with van der Waals surface area (Å²) in [5.74, 6) is -0.0297. The van der Waals surface area contributed by atoms with Crippen molar-refractivity contribution in [2.24, 2.45) is 7.05 Å². The van der Waals surface area contributed by atoms with Crippen molar-refractivity contribution in [3.63, 3.8) is 0 Å². The summed E-state index contributed by atoms with van der Waals surface area (Å²) in [6, 6.07) is 5.38. The fourth-order valence-electron chi connectivity index (χ4n) is 1.49. The first-order chi connectivity index (χ1) is 6.59. The molecule has 0 radical (unpaired) electrons. The minimum atomic E-state index is -0.0297. The zero-order valence-corrected chi connectivity index (χ0v) is 8.67. The lowest BCUT2D eigenvalue weighted by molar-refractivity contribution is 0.101. The molecule has 1 heterocycles. The number of hydrogen-bond acceptors (Lipinski definition) is 2. The Morgan fingerprint density at radius 1 is 1.50 bits per heavy atom. The summed E-state index contributed by atoms with van der Waals surface area (Å²) in [5.41, 5.74) is 1.38. The summed E-state index contributed by atoms with van der Waals surface area (Å²) in [7, 11) is 1.80.